The molecule has 1 fully saturated rings. The van der Waals surface area contributed by atoms with Crippen LogP contribution in [0.2, 0.25) is 5.02 Å². The van der Waals surface area contributed by atoms with Crippen LogP contribution in [-0.2, 0) is 9.59 Å². The molecule has 118 valence electrons. The average Bonchev–Trinajstić information content (AvgIpc) is 3.13. The van der Waals surface area contributed by atoms with Crippen LogP contribution in [0.5, 0.6) is 0 Å². The molecule has 0 aliphatic heterocycles. The SMILES string of the molecule is CC(=O)NC[C@@H]1C[C@]1(NC(=O)Nc1ccc(Cl)cc1)C(=O)O. The molecule has 1 saturated carbocycles. The minimum Gasteiger partial charge on any atom is -0.479 e. The number of halogens is 1. The first-order valence-corrected chi connectivity index (χ1v) is 7.04. The van der Waals surface area contributed by atoms with Crippen molar-refractivity contribution in [3.63, 3.8) is 0 Å². The quantitative estimate of drug-likeness (QED) is 0.657. The van der Waals surface area contributed by atoms with Crippen molar-refractivity contribution >= 4 is 35.2 Å². The second kappa shape index (κ2) is 6.23. The number of anilines is 1. The number of amides is 3. The lowest BCUT2D eigenvalue weighted by Crippen LogP contribution is -2.48. The van der Waals surface area contributed by atoms with E-state index in [2.05, 4.69) is 16.0 Å². The summed E-state index contributed by atoms with van der Waals surface area (Å²) in [7, 11) is 0. The van der Waals surface area contributed by atoms with Crippen LogP contribution in [0.4, 0.5) is 10.5 Å². The third-order valence-corrected chi connectivity index (χ3v) is 3.77. The van der Waals surface area contributed by atoms with Crippen LogP contribution in [0, 0.1) is 5.92 Å². The molecular formula is C14H16ClN3O4. The Bertz CT molecular complexity index is 605. The zero-order chi connectivity index (χ0) is 16.3. The Morgan fingerprint density at radius 3 is 2.50 bits per heavy atom. The summed E-state index contributed by atoms with van der Waals surface area (Å²) in [6.07, 6.45) is 0.274. The molecule has 8 heteroatoms. The number of benzene rings is 1. The summed E-state index contributed by atoms with van der Waals surface area (Å²) in [5, 5.41) is 17.4. The Balaban J connectivity index is 1.94. The fraction of sp³-hybridized carbons (Fsp3) is 0.357. The van der Waals surface area contributed by atoms with Crippen LogP contribution in [0.3, 0.4) is 0 Å². The van der Waals surface area contributed by atoms with Crippen molar-refractivity contribution in [1.82, 2.24) is 10.6 Å². The summed E-state index contributed by atoms with van der Waals surface area (Å²) in [5.74, 6) is -1.68. The van der Waals surface area contributed by atoms with Crippen LogP contribution < -0.4 is 16.0 Å². The van der Waals surface area contributed by atoms with E-state index in [0.29, 0.717) is 10.7 Å². The van der Waals surface area contributed by atoms with Gasteiger partial charge < -0.3 is 21.1 Å². The van der Waals surface area contributed by atoms with Crippen LogP contribution in [0.15, 0.2) is 24.3 Å². The lowest BCUT2D eigenvalue weighted by atomic mass is 10.2. The van der Waals surface area contributed by atoms with Gasteiger partial charge in [0, 0.05) is 30.1 Å². The van der Waals surface area contributed by atoms with E-state index in [0.717, 1.165) is 0 Å². The van der Waals surface area contributed by atoms with Crippen molar-refractivity contribution in [2.75, 3.05) is 11.9 Å². The molecule has 4 N–H and O–H groups in total. The maximum absolute atomic E-state index is 11.9. The van der Waals surface area contributed by atoms with E-state index in [1.165, 1.54) is 6.92 Å². The maximum atomic E-state index is 11.9. The second-order valence-electron chi connectivity index (χ2n) is 5.20. The molecule has 0 aromatic heterocycles. The Morgan fingerprint density at radius 2 is 1.95 bits per heavy atom. The normalized spacial score (nSPS) is 22.5. The van der Waals surface area contributed by atoms with E-state index in [1.54, 1.807) is 24.3 Å². The number of hydrogen-bond acceptors (Lipinski definition) is 3. The van der Waals surface area contributed by atoms with Gasteiger partial charge in [0.05, 0.1) is 0 Å². The standard InChI is InChI=1S/C14H16ClN3O4/c1-8(19)16-7-9-6-14(9,12(20)21)18-13(22)17-11-4-2-10(15)3-5-11/h2-5,9H,6-7H2,1H3,(H,16,19)(H,20,21)(H2,17,18,22)/t9-,14+/m0/s1. The third kappa shape index (κ3) is 3.67. The number of nitrogens with one attached hydrogen (secondary N) is 3. The monoisotopic (exact) mass is 325 g/mol. The molecule has 1 aromatic rings. The van der Waals surface area contributed by atoms with Gasteiger partial charge in [-0.15, -0.1) is 0 Å². The van der Waals surface area contributed by atoms with Gasteiger partial charge in [-0.1, -0.05) is 11.6 Å². The summed E-state index contributed by atoms with van der Waals surface area (Å²) < 4.78 is 0. The van der Waals surface area contributed by atoms with E-state index in [-0.39, 0.29) is 24.8 Å². The number of aliphatic carboxylic acids is 1. The lowest BCUT2D eigenvalue weighted by Gasteiger charge is -2.16. The molecule has 2 rings (SSSR count). The second-order valence-corrected chi connectivity index (χ2v) is 5.64. The first-order valence-electron chi connectivity index (χ1n) is 6.66. The smallest absolute Gasteiger partial charge is 0.329 e. The van der Waals surface area contributed by atoms with E-state index >= 15 is 0 Å². The fourth-order valence-corrected chi connectivity index (χ4v) is 2.34. The van der Waals surface area contributed by atoms with Gasteiger partial charge in [-0.2, -0.15) is 0 Å². The van der Waals surface area contributed by atoms with Crippen LogP contribution in [0.1, 0.15) is 13.3 Å². The molecule has 1 aliphatic carbocycles. The topological polar surface area (TPSA) is 108 Å². The van der Waals surface area contributed by atoms with Crippen LogP contribution in [-0.4, -0.2) is 35.1 Å². The molecule has 0 heterocycles. The number of rotatable bonds is 5. The Kier molecular flexibility index (Phi) is 4.56. The third-order valence-electron chi connectivity index (χ3n) is 3.52. The molecule has 1 aliphatic rings. The Labute approximate surface area is 132 Å². The predicted molar refractivity (Wildman–Crippen MR) is 80.8 cm³/mol. The summed E-state index contributed by atoms with van der Waals surface area (Å²) in [4.78, 5) is 34.2. The molecule has 0 unspecified atom stereocenters. The van der Waals surface area contributed by atoms with Gasteiger partial charge in [0.1, 0.15) is 5.54 Å². The minimum absolute atomic E-state index is 0.211. The maximum Gasteiger partial charge on any atom is 0.329 e. The highest BCUT2D eigenvalue weighted by Gasteiger charge is 2.61. The van der Waals surface area contributed by atoms with Crippen molar-refractivity contribution in [3.8, 4) is 0 Å². The molecule has 2 atom stereocenters. The zero-order valence-electron chi connectivity index (χ0n) is 11.9. The average molecular weight is 326 g/mol. The predicted octanol–water partition coefficient (Wildman–Crippen LogP) is 1.44. The Hall–Kier alpha value is -2.28. The number of carbonyl (C=O) groups excluding carboxylic acids is 2. The van der Waals surface area contributed by atoms with Gasteiger partial charge in [0.2, 0.25) is 5.91 Å². The lowest BCUT2D eigenvalue weighted by molar-refractivity contribution is -0.141. The molecule has 0 saturated heterocycles. The van der Waals surface area contributed by atoms with E-state index in [9.17, 15) is 19.5 Å². The molecule has 0 spiro atoms. The molecule has 3 amide bonds. The molecule has 0 bridgehead atoms. The summed E-state index contributed by atoms with van der Waals surface area (Å²) in [6, 6.07) is 5.82. The van der Waals surface area contributed by atoms with Crippen LogP contribution in [0.25, 0.3) is 0 Å². The fourth-order valence-electron chi connectivity index (χ4n) is 2.21. The number of hydrogen-bond donors (Lipinski definition) is 4. The van der Waals surface area contributed by atoms with Crippen LogP contribution >= 0.6 is 11.6 Å². The first-order chi connectivity index (χ1) is 10.3. The molecular weight excluding hydrogens is 310 g/mol. The van der Waals surface area contributed by atoms with Crippen molar-refractivity contribution < 1.29 is 19.5 Å². The number of carboxylic acids is 1. The van der Waals surface area contributed by atoms with Gasteiger partial charge in [0.25, 0.3) is 0 Å². The number of urea groups is 1. The minimum atomic E-state index is -1.33. The molecule has 22 heavy (non-hydrogen) atoms. The van der Waals surface area contributed by atoms with Gasteiger partial charge in [0.15, 0.2) is 0 Å². The highest BCUT2D eigenvalue weighted by Crippen LogP contribution is 2.43. The molecule has 1 aromatic carbocycles. The summed E-state index contributed by atoms with van der Waals surface area (Å²) in [6.45, 7) is 1.56. The molecule has 7 nitrogen and oxygen atoms in total. The summed E-state index contributed by atoms with van der Waals surface area (Å²) in [5.41, 5.74) is -0.833. The van der Waals surface area contributed by atoms with Gasteiger partial charge in [-0.05, 0) is 30.7 Å². The van der Waals surface area contributed by atoms with Gasteiger partial charge >= 0.3 is 12.0 Å². The highest BCUT2D eigenvalue weighted by atomic mass is 35.5. The van der Waals surface area contributed by atoms with E-state index in [4.69, 9.17) is 11.6 Å². The largest absolute Gasteiger partial charge is 0.479 e. The number of carbonyl (C=O) groups is 3. The van der Waals surface area contributed by atoms with Crippen molar-refractivity contribution in [2.24, 2.45) is 5.92 Å². The van der Waals surface area contributed by atoms with Gasteiger partial charge in [-0.3, -0.25) is 4.79 Å². The van der Waals surface area contributed by atoms with Crippen molar-refractivity contribution in [1.29, 1.82) is 0 Å². The van der Waals surface area contributed by atoms with E-state index < -0.39 is 17.5 Å². The number of carboxylic acid groups (broad SMARTS) is 1. The van der Waals surface area contributed by atoms with E-state index in [1.807, 2.05) is 0 Å². The van der Waals surface area contributed by atoms with Crippen molar-refractivity contribution in [2.45, 2.75) is 18.9 Å². The van der Waals surface area contributed by atoms with Crippen molar-refractivity contribution in [3.05, 3.63) is 29.3 Å². The summed E-state index contributed by atoms with van der Waals surface area (Å²) >= 11 is 5.75. The molecule has 0 radical (unpaired) electrons. The highest BCUT2D eigenvalue weighted by molar-refractivity contribution is 6.30. The Morgan fingerprint density at radius 1 is 1.32 bits per heavy atom. The zero-order valence-corrected chi connectivity index (χ0v) is 12.6. The van der Waals surface area contributed by atoms with Gasteiger partial charge in [-0.25, -0.2) is 9.59 Å². The first kappa shape index (κ1) is 16.1.